The van der Waals surface area contributed by atoms with E-state index < -0.39 is 5.54 Å². The van der Waals surface area contributed by atoms with E-state index in [1.165, 1.54) is 0 Å². The van der Waals surface area contributed by atoms with Gasteiger partial charge in [0, 0.05) is 17.6 Å². The summed E-state index contributed by atoms with van der Waals surface area (Å²) in [6.45, 7) is 9.69. The smallest absolute Gasteiger partial charge is 0.273 e. The first-order valence-electron chi connectivity index (χ1n) is 9.81. The number of nitrogens with zero attached hydrogens (tertiary/aromatic N) is 2. The van der Waals surface area contributed by atoms with Crippen LogP contribution in [0.3, 0.4) is 0 Å². The van der Waals surface area contributed by atoms with Crippen molar-refractivity contribution in [3.8, 4) is 0 Å². The topological polar surface area (TPSA) is 62.3 Å². The van der Waals surface area contributed by atoms with E-state index in [0.717, 1.165) is 27.7 Å². The first-order valence-corrected chi connectivity index (χ1v) is 9.81. The van der Waals surface area contributed by atoms with Crippen LogP contribution in [0.25, 0.3) is 10.9 Å². The number of hydrogen-bond acceptors (Lipinski definition) is 3. The predicted molar refractivity (Wildman–Crippen MR) is 117 cm³/mol. The van der Waals surface area contributed by atoms with Crippen LogP contribution < -0.4 is 5.32 Å². The molecule has 29 heavy (non-hydrogen) atoms. The summed E-state index contributed by atoms with van der Waals surface area (Å²) in [6, 6.07) is 17.1. The van der Waals surface area contributed by atoms with Crippen molar-refractivity contribution in [3.05, 3.63) is 71.4 Å². The molecule has 0 spiro atoms. The summed E-state index contributed by atoms with van der Waals surface area (Å²) in [6.07, 6.45) is 0. The largest absolute Gasteiger partial charge is 0.324 e. The molecule has 5 nitrogen and oxygen atoms in total. The minimum absolute atomic E-state index is 0.231. The van der Waals surface area contributed by atoms with E-state index in [4.69, 9.17) is 0 Å². The number of rotatable bonds is 5. The highest BCUT2D eigenvalue weighted by Gasteiger charge is 2.38. The maximum absolute atomic E-state index is 13.2. The van der Waals surface area contributed by atoms with Crippen LogP contribution in [0.2, 0.25) is 0 Å². The Balaban J connectivity index is 1.89. The molecule has 3 aromatic rings. The molecule has 0 radical (unpaired) electrons. The van der Waals surface area contributed by atoms with Gasteiger partial charge < -0.3 is 10.2 Å². The Morgan fingerprint density at radius 3 is 2.28 bits per heavy atom. The number of likely N-dealkylation sites (N-methyl/N-ethyl adjacent to an activating group) is 1. The lowest BCUT2D eigenvalue weighted by Crippen LogP contribution is -2.55. The molecule has 0 fully saturated rings. The number of amides is 2. The second-order valence-electron chi connectivity index (χ2n) is 7.72. The lowest BCUT2D eigenvalue weighted by Gasteiger charge is -2.36. The molecule has 1 heterocycles. The number of hydrogen-bond donors (Lipinski definition) is 1. The van der Waals surface area contributed by atoms with E-state index in [9.17, 15) is 9.59 Å². The van der Waals surface area contributed by atoms with Gasteiger partial charge in [0.05, 0.1) is 5.52 Å². The maximum Gasteiger partial charge on any atom is 0.273 e. The number of carbonyl (C=O) groups is 2. The quantitative estimate of drug-likeness (QED) is 0.686. The van der Waals surface area contributed by atoms with Gasteiger partial charge in [0.15, 0.2) is 0 Å². The van der Waals surface area contributed by atoms with Gasteiger partial charge in [-0.1, -0.05) is 42.5 Å². The molecule has 150 valence electrons. The number of para-hydroxylation sites is 2. The summed E-state index contributed by atoms with van der Waals surface area (Å²) in [5.41, 5.74) is 2.80. The highest BCUT2D eigenvalue weighted by molar-refractivity contribution is 6.03. The summed E-state index contributed by atoms with van der Waals surface area (Å²) in [7, 11) is 0. The van der Waals surface area contributed by atoms with Crippen LogP contribution in [-0.2, 0) is 4.79 Å². The van der Waals surface area contributed by atoms with Crippen LogP contribution in [0.1, 0.15) is 42.4 Å². The third kappa shape index (κ3) is 3.99. The number of pyridine rings is 1. The van der Waals surface area contributed by atoms with Crippen LogP contribution >= 0.6 is 0 Å². The summed E-state index contributed by atoms with van der Waals surface area (Å²) in [5, 5.41) is 3.99. The van der Waals surface area contributed by atoms with Crippen molar-refractivity contribution in [2.75, 3.05) is 11.9 Å². The zero-order chi connectivity index (χ0) is 21.2. The molecule has 5 heteroatoms. The van der Waals surface area contributed by atoms with Gasteiger partial charge in [-0.15, -0.1) is 0 Å². The van der Waals surface area contributed by atoms with Crippen molar-refractivity contribution in [3.63, 3.8) is 0 Å². The number of anilines is 1. The molecular formula is C24H27N3O2. The van der Waals surface area contributed by atoms with Crippen molar-refractivity contribution in [1.82, 2.24) is 9.88 Å². The molecule has 0 aliphatic heterocycles. The molecule has 0 bridgehead atoms. The first kappa shape index (κ1) is 20.5. The van der Waals surface area contributed by atoms with Crippen molar-refractivity contribution < 1.29 is 9.59 Å². The van der Waals surface area contributed by atoms with Gasteiger partial charge >= 0.3 is 0 Å². The number of nitrogens with one attached hydrogen (secondary N) is 1. The minimum Gasteiger partial charge on any atom is -0.324 e. The van der Waals surface area contributed by atoms with E-state index >= 15 is 0 Å². The molecular weight excluding hydrogens is 362 g/mol. The van der Waals surface area contributed by atoms with Crippen LogP contribution in [0.4, 0.5) is 5.69 Å². The standard InChI is InChI=1S/C24H27N3O2/c1-6-27(22(28)20-15-14-18-12-7-8-13-19(18)25-20)24(4,5)23(29)26-21-16(2)10-9-11-17(21)3/h7-15H,6H2,1-5H3,(H,26,29). The average molecular weight is 389 g/mol. The third-order valence-electron chi connectivity index (χ3n) is 5.33. The highest BCUT2D eigenvalue weighted by atomic mass is 16.2. The Hall–Kier alpha value is -3.21. The molecule has 0 saturated heterocycles. The predicted octanol–water partition coefficient (Wildman–Crippen LogP) is 4.73. The summed E-state index contributed by atoms with van der Waals surface area (Å²) in [4.78, 5) is 32.5. The fraction of sp³-hybridized carbons (Fsp3) is 0.292. The minimum atomic E-state index is -1.05. The van der Waals surface area contributed by atoms with E-state index in [0.29, 0.717) is 12.2 Å². The number of carbonyl (C=O) groups excluding carboxylic acids is 2. The maximum atomic E-state index is 13.2. The Morgan fingerprint density at radius 2 is 1.62 bits per heavy atom. The summed E-state index contributed by atoms with van der Waals surface area (Å²) >= 11 is 0. The molecule has 2 amide bonds. The van der Waals surface area contributed by atoms with Crippen molar-refractivity contribution >= 4 is 28.4 Å². The van der Waals surface area contributed by atoms with Gasteiger partial charge in [-0.3, -0.25) is 9.59 Å². The number of benzene rings is 2. The van der Waals surface area contributed by atoms with E-state index in [2.05, 4.69) is 10.3 Å². The number of aromatic nitrogens is 1. The van der Waals surface area contributed by atoms with Gasteiger partial charge in [-0.2, -0.15) is 0 Å². The van der Waals surface area contributed by atoms with Gasteiger partial charge in [0.1, 0.15) is 11.2 Å². The zero-order valence-electron chi connectivity index (χ0n) is 17.6. The van der Waals surface area contributed by atoms with Crippen molar-refractivity contribution in [1.29, 1.82) is 0 Å². The SMILES string of the molecule is CCN(C(=O)c1ccc2ccccc2n1)C(C)(C)C(=O)Nc1c(C)cccc1C. The monoisotopic (exact) mass is 389 g/mol. The second kappa shape index (κ2) is 8.03. The fourth-order valence-electron chi connectivity index (χ4n) is 3.52. The molecule has 2 aromatic carbocycles. The third-order valence-corrected chi connectivity index (χ3v) is 5.33. The molecule has 0 atom stereocenters. The Kier molecular flexibility index (Phi) is 5.69. The lowest BCUT2D eigenvalue weighted by molar-refractivity contribution is -0.124. The van der Waals surface area contributed by atoms with Crippen LogP contribution in [0, 0.1) is 13.8 Å². The Morgan fingerprint density at radius 1 is 0.966 bits per heavy atom. The molecule has 0 saturated carbocycles. The number of aryl methyl sites for hydroxylation is 2. The van der Waals surface area contributed by atoms with Gasteiger partial charge in [-0.05, 0) is 57.9 Å². The Bertz CT molecular complexity index is 1050. The normalized spacial score (nSPS) is 11.3. The Labute approximate surface area is 171 Å². The molecule has 3 rings (SSSR count). The molecule has 1 N–H and O–H groups in total. The average Bonchev–Trinajstić information content (AvgIpc) is 2.70. The van der Waals surface area contributed by atoms with Gasteiger partial charge in [0.2, 0.25) is 5.91 Å². The molecule has 1 aromatic heterocycles. The highest BCUT2D eigenvalue weighted by Crippen LogP contribution is 2.24. The fourth-order valence-corrected chi connectivity index (χ4v) is 3.52. The van der Waals surface area contributed by atoms with E-state index in [1.807, 2.05) is 69.3 Å². The lowest BCUT2D eigenvalue weighted by atomic mass is 9.99. The molecule has 0 aliphatic rings. The van der Waals surface area contributed by atoms with Gasteiger partial charge in [0.25, 0.3) is 5.91 Å². The molecule has 0 aliphatic carbocycles. The summed E-state index contributed by atoms with van der Waals surface area (Å²) in [5.74, 6) is -0.495. The molecule has 0 unspecified atom stereocenters. The zero-order valence-corrected chi connectivity index (χ0v) is 17.6. The van der Waals surface area contributed by atoms with Crippen LogP contribution in [0.15, 0.2) is 54.6 Å². The summed E-state index contributed by atoms with van der Waals surface area (Å²) < 4.78 is 0. The van der Waals surface area contributed by atoms with E-state index in [1.54, 1.807) is 24.8 Å². The van der Waals surface area contributed by atoms with E-state index in [-0.39, 0.29) is 11.8 Å². The van der Waals surface area contributed by atoms with Crippen LogP contribution in [0.5, 0.6) is 0 Å². The number of fused-ring (bicyclic) bond motifs is 1. The first-order chi connectivity index (χ1) is 13.8. The van der Waals surface area contributed by atoms with Gasteiger partial charge in [-0.25, -0.2) is 4.98 Å². The van der Waals surface area contributed by atoms with Crippen molar-refractivity contribution in [2.45, 2.75) is 40.2 Å². The van der Waals surface area contributed by atoms with Crippen molar-refractivity contribution in [2.24, 2.45) is 0 Å². The second-order valence-corrected chi connectivity index (χ2v) is 7.72. The van der Waals surface area contributed by atoms with Crippen LogP contribution in [-0.4, -0.2) is 33.8 Å².